The first-order valence-electron chi connectivity index (χ1n) is 13.3. The highest BCUT2D eigenvalue weighted by atomic mass is 16.3. The van der Waals surface area contributed by atoms with Crippen molar-refractivity contribution in [1.29, 1.82) is 0 Å². The first-order valence-corrected chi connectivity index (χ1v) is 13.3. The zero-order chi connectivity index (χ0) is 21.7. The molecule has 7 rings (SSSR count). The van der Waals surface area contributed by atoms with Gasteiger partial charge in [-0.05, 0) is 79.6 Å². The molecule has 4 nitrogen and oxygen atoms in total. The molecule has 0 bridgehead atoms. The Morgan fingerprint density at radius 2 is 1.88 bits per heavy atom. The van der Waals surface area contributed by atoms with Crippen molar-refractivity contribution in [2.24, 2.45) is 29.1 Å². The van der Waals surface area contributed by atoms with Crippen molar-refractivity contribution in [3.05, 3.63) is 35.4 Å². The average molecular weight is 435 g/mol. The molecule has 2 N–H and O–H groups in total. The number of fused-ring (bicyclic) bond motifs is 7. The molecule has 3 aliphatic carbocycles. The Bertz CT molecular complexity index is 909. The summed E-state index contributed by atoms with van der Waals surface area (Å²) in [5.74, 6) is 2.95. The predicted molar refractivity (Wildman–Crippen MR) is 124 cm³/mol. The number of benzene rings is 1. The van der Waals surface area contributed by atoms with Crippen molar-refractivity contribution < 1.29 is 9.90 Å². The van der Waals surface area contributed by atoms with Gasteiger partial charge in [-0.1, -0.05) is 44.0 Å². The van der Waals surface area contributed by atoms with Crippen LogP contribution in [0.1, 0.15) is 86.6 Å². The van der Waals surface area contributed by atoms with Gasteiger partial charge in [0.05, 0.1) is 0 Å². The minimum Gasteiger partial charge on any atom is -0.374 e. The molecule has 6 aliphatic rings. The molecule has 3 aliphatic heterocycles. The van der Waals surface area contributed by atoms with Crippen molar-refractivity contribution in [3.8, 4) is 0 Å². The predicted octanol–water partition coefficient (Wildman–Crippen LogP) is 4.33. The van der Waals surface area contributed by atoms with Gasteiger partial charge in [0.1, 0.15) is 12.0 Å². The molecule has 172 valence electrons. The second-order valence-electron chi connectivity index (χ2n) is 12.4. The highest BCUT2D eigenvalue weighted by molar-refractivity contribution is 5.74. The highest BCUT2D eigenvalue weighted by Crippen LogP contribution is 2.64. The van der Waals surface area contributed by atoms with Gasteiger partial charge in [0.2, 0.25) is 0 Å². The van der Waals surface area contributed by atoms with E-state index < -0.39 is 5.72 Å². The van der Waals surface area contributed by atoms with Crippen LogP contribution in [0.15, 0.2) is 24.3 Å². The lowest BCUT2D eigenvalue weighted by Gasteiger charge is -2.52. The molecule has 10 atom stereocenters. The first kappa shape index (κ1) is 20.2. The van der Waals surface area contributed by atoms with Crippen molar-refractivity contribution in [2.45, 2.75) is 94.5 Å². The van der Waals surface area contributed by atoms with Crippen LogP contribution in [-0.4, -0.2) is 46.7 Å². The zero-order valence-corrected chi connectivity index (χ0v) is 19.4. The number of hydrogen-bond acceptors (Lipinski definition) is 4. The third kappa shape index (κ3) is 2.63. The second-order valence-corrected chi connectivity index (χ2v) is 12.4. The molecule has 0 aromatic heterocycles. The molecule has 3 heterocycles. The number of nitrogens with one attached hydrogen (secondary N) is 1. The van der Waals surface area contributed by atoms with Crippen LogP contribution in [0.2, 0.25) is 0 Å². The summed E-state index contributed by atoms with van der Waals surface area (Å²) in [6, 6.07) is 9.75. The van der Waals surface area contributed by atoms with Crippen LogP contribution in [0.4, 0.5) is 0 Å². The number of aliphatic hydroxyl groups is 1. The molecule has 3 saturated heterocycles. The number of nitrogens with zero attached hydrogens (tertiary/aromatic N) is 1. The maximum atomic E-state index is 11.8. The summed E-state index contributed by atoms with van der Waals surface area (Å²) in [5, 5.41) is 16.1. The molecule has 4 heteroatoms. The van der Waals surface area contributed by atoms with Crippen LogP contribution in [0.3, 0.4) is 0 Å². The molecule has 6 fully saturated rings. The van der Waals surface area contributed by atoms with E-state index in [1.165, 1.54) is 63.4 Å². The first-order chi connectivity index (χ1) is 15.5. The Kier molecular flexibility index (Phi) is 4.35. The van der Waals surface area contributed by atoms with E-state index >= 15 is 0 Å². The summed E-state index contributed by atoms with van der Waals surface area (Å²) >= 11 is 0. The van der Waals surface area contributed by atoms with E-state index in [1.807, 2.05) is 12.1 Å². The van der Waals surface area contributed by atoms with Gasteiger partial charge in [0, 0.05) is 36.2 Å². The van der Waals surface area contributed by atoms with Crippen LogP contribution in [0.5, 0.6) is 0 Å². The maximum absolute atomic E-state index is 11.8. The van der Waals surface area contributed by atoms with E-state index in [-0.39, 0.29) is 0 Å². The second kappa shape index (κ2) is 6.90. The standard InChI is InChI=1S/C28H38N2O2/c1-17(19-6-4-18(15-31)5-7-19)25-22-9-8-20-14-21-10-13-27(11-2-3-12-27)26(21)29-24(20)23(22)28(32)16-30(25)28/h4-7,15,17,20-26,29,32H,2-3,8-14,16H2,1H3. The topological polar surface area (TPSA) is 52.3 Å². The summed E-state index contributed by atoms with van der Waals surface area (Å²) < 4.78 is 0. The number of hydrogen-bond donors (Lipinski definition) is 2. The summed E-state index contributed by atoms with van der Waals surface area (Å²) in [4.78, 5) is 13.5. The third-order valence-electron chi connectivity index (χ3n) is 11.2. The molecule has 32 heavy (non-hydrogen) atoms. The summed E-state index contributed by atoms with van der Waals surface area (Å²) in [6.45, 7) is 3.18. The number of carbonyl (C=O) groups is 1. The van der Waals surface area contributed by atoms with E-state index in [2.05, 4.69) is 29.3 Å². The van der Waals surface area contributed by atoms with Gasteiger partial charge >= 0.3 is 0 Å². The maximum Gasteiger partial charge on any atom is 0.150 e. The fraction of sp³-hybridized carbons (Fsp3) is 0.750. The number of carbonyl (C=O) groups excluding carboxylic acids is 1. The van der Waals surface area contributed by atoms with Gasteiger partial charge in [-0.2, -0.15) is 0 Å². The summed E-state index contributed by atoms with van der Waals surface area (Å²) in [6.07, 6.45) is 13.5. The van der Waals surface area contributed by atoms with Gasteiger partial charge in [-0.15, -0.1) is 0 Å². The van der Waals surface area contributed by atoms with Crippen LogP contribution in [-0.2, 0) is 0 Å². The Hall–Kier alpha value is -1.23. The zero-order valence-electron chi connectivity index (χ0n) is 19.4. The van der Waals surface area contributed by atoms with Crippen molar-refractivity contribution >= 4 is 6.29 Å². The minimum atomic E-state index is -0.586. The van der Waals surface area contributed by atoms with E-state index in [4.69, 9.17) is 0 Å². The third-order valence-corrected chi connectivity index (χ3v) is 11.2. The Morgan fingerprint density at radius 1 is 1.09 bits per heavy atom. The Morgan fingerprint density at radius 3 is 2.62 bits per heavy atom. The number of aldehydes is 1. The summed E-state index contributed by atoms with van der Waals surface area (Å²) in [7, 11) is 0. The van der Waals surface area contributed by atoms with Gasteiger partial charge in [-0.3, -0.25) is 9.69 Å². The van der Waals surface area contributed by atoms with Crippen LogP contribution >= 0.6 is 0 Å². The lowest BCUT2D eigenvalue weighted by molar-refractivity contribution is -0.0315. The largest absolute Gasteiger partial charge is 0.374 e. The van der Waals surface area contributed by atoms with Gasteiger partial charge in [-0.25, -0.2) is 0 Å². The van der Waals surface area contributed by atoms with Gasteiger partial charge in [0.25, 0.3) is 0 Å². The molecule has 10 unspecified atom stereocenters. The van der Waals surface area contributed by atoms with Gasteiger partial charge < -0.3 is 10.4 Å². The molecule has 0 radical (unpaired) electrons. The monoisotopic (exact) mass is 434 g/mol. The highest BCUT2D eigenvalue weighted by Gasteiger charge is 2.73. The summed E-state index contributed by atoms with van der Waals surface area (Å²) in [5.41, 5.74) is 2.03. The molecular formula is C28H38N2O2. The molecule has 1 aromatic rings. The quantitative estimate of drug-likeness (QED) is 0.549. The molecule has 1 spiro atoms. The van der Waals surface area contributed by atoms with Crippen LogP contribution < -0.4 is 5.32 Å². The molecular weight excluding hydrogens is 396 g/mol. The average Bonchev–Trinajstić information content (AvgIpc) is 3.14. The lowest BCUT2D eigenvalue weighted by Crippen LogP contribution is -2.62. The van der Waals surface area contributed by atoms with Crippen molar-refractivity contribution in [1.82, 2.24) is 10.2 Å². The van der Waals surface area contributed by atoms with Crippen molar-refractivity contribution in [2.75, 3.05) is 6.54 Å². The minimum absolute atomic E-state index is 0.375. The molecule has 3 saturated carbocycles. The SMILES string of the molecule is CC(c1ccc(C=O)cc1)C1C2CCC3CC4CCC5(CCCC5)C4NC3C2C2(O)CN12. The number of piperidine rings is 2. The fourth-order valence-electron chi connectivity index (χ4n) is 9.76. The Labute approximate surface area is 192 Å². The van der Waals surface area contributed by atoms with Crippen molar-refractivity contribution in [3.63, 3.8) is 0 Å². The van der Waals surface area contributed by atoms with Crippen LogP contribution in [0.25, 0.3) is 0 Å². The van der Waals surface area contributed by atoms with Crippen LogP contribution in [0, 0.1) is 29.1 Å². The number of rotatable bonds is 3. The lowest BCUT2D eigenvalue weighted by atomic mass is 9.60. The van der Waals surface area contributed by atoms with E-state index in [1.54, 1.807) is 0 Å². The van der Waals surface area contributed by atoms with Gasteiger partial charge in [0.15, 0.2) is 0 Å². The normalized spacial score (nSPS) is 48.6. The fourth-order valence-corrected chi connectivity index (χ4v) is 9.76. The van der Waals surface area contributed by atoms with E-state index in [9.17, 15) is 9.90 Å². The van der Waals surface area contributed by atoms with E-state index in [0.29, 0.717) is 41.3 Å². The smallest absolute Gasteiger partial charge is 0.150 e. The molecule has 0 amide bonds. The van der Waals surface area contributed by atoms with E-state index in [0.717, 1.165) is 30.2 Å². The Balaban J connectivity index is 1.17. The molecule has 1 aromatic carbocycles.